The van der Waals surface area contributed by atoms with E-state index in [0.717, 1.165) is 30.7 Å². The molecule has 0 aromatic heterocycles. The summed E-state index contributed by atoms with van der Waals surface area (Å²) in [5, 5.41) is 0. The van der Waals surface area contributed by atoms with Crippen LogP contribution in [0.15, 0.2) is 28.7 Å². The summed E-state index contributed by atoms with van der Waals surface area (Å²) in [6.07, 6.45) is 2.48. The molecule has 0 saturated carbocycles. The maximum absolute atomic E-state index is 5.63. The minimum Gasteiger partial charge on any atom is -0.329 e. The van der Waals surface area contributed by atoms with Gasteiger partial charge in [0.15, 0.2) is 0 Å². The Morgan fingerprint density at radius 1 is 1.19 bits per heavy atom. The lowest BCUT2D eigenvalue weighted by atomic mass is 10.2. The van der Waals surface area contributed by atoms with Crippen molar-refractivity contribution in [2.75, 3.05) is 19.6 Å². The predicted molar refractivity (Wildman–Crippen MR) is 73.4 cm³/mol. The monoisotopic (exact) mass is 284 g/mol. The summed E-state index contributed by atoms with van der Waals surface area (Å²) in [6.45, 7) is 6.09. The number of hydrogen-bond acceptors (Lipinski definition) is 2. The zero-order valence-corrected chi connectivity index (χ0v) is 11.5. The molecule has 0 heterocycles. The molecule has 0 aliphatic carbocycles. The maximum Gasteiger partial charge on any atom is 0.0234 e. The van der Waals surface area contributed by atoms with Gasteiger partial charge in [0.1, 0.15) is 0 Å². The second-order valence-corrected chi connectivity index (χ2v) is 4.96. The molecule has 1 rings (SSSR count). The number of hydrogen-bond donors (Lipinski definition) is 1. The van der Waals surface area contributed by atoms with Crippen LogP contribution >= 0.6 is 15.9 Å². The van der Waals surface area contributed by atoms with Gasteiger partial charge in [-0.15, -0.1) is 0 Å². The van der Waals surface area contributed by atoms with E-state index in [1.54, 1.807) is 0 Å². The molecule has 0 unspecified atom stereocenters. The van der Waals surface area contributed by atoms with E-state index in [-0.39, 0.29) is 0 Å². The fraction of sp³-hybridized carbons (Fsp3) is 0.538. The van der Waals surface area contributed by atoms with Gasteiger partial charge in [0.25, 0.3) is 0 Å². The van der Waals surface area contributed by atoms with Crippen molar-refractivity contribution in [3.8, 4) is 0 Å². The van der Waals surface area contributed by atoms with E-state index in [0.29, 0.717) is 0 Å². The third kappa shape index (κ3) is 5.10. The van der Waals surface area contributed by atoms with E-state index in [1.165, 1.54) is 18.4 Å². The Hall–Kier alpha value is -0.380. The van der Waals surface area contributed by atoms with Crippen molar-refractivity contribution in [1.29, 1.82) is 0 Å². The van der Waals surface area contributed by atoms with Crippen LogP contribution in [0, 0.1) is 0 Å². The van der Waals surface area contributed by atoms with Crippen LogP contribution in [0.4, 0.5) is 0 Å². The van der Waals surface area contributed by atoms with Crippen molar-refractivity contribution < 1.29 is 0 Å². The Morgan fingerprint density at radius 2 is 1.88 bits per heavy atom. The molecule has 0 amide bonds. The Morgan fingerprint density at radius 3 is 2.44 bits per heavy atom. The molecule has 2 N–H and O–H groups in total. The highest BCUT2D eigenvalue weighted by Crippen LogP contribution is 2.12. The largest absolute Gasteiger partial charge is 0.329 e. The summed E-state index contributed by atoms with van der Waals surface area (Å²) in [5.74, 6) is 0. The highest BCUT2D eigenvalue weighted by atomic mass is 79.9. The van der Waals surface area contributed by atoms with Gasteiger partial charge < -0.3 is 5.73 Å². The lowest BCUT2D eigenvalue weighted by molar-refractivity contribution is 0.268. The number of nitrogens with two attached hydrogens (primary N) is 1. The first-order chi connectivity index (χ1) is 7.76. The molecular formula is C13H21BrN2. The maximum atomic E-state index is 5.63. The number of benzene rings is 1. The fourth-order valence-electron chi connectivity index (χ4n) is 1.68. The van der Waals surface area contributed by atoms with Crippen LogP contribution in [-0.2, 0) is 6.54 Å². The topological polar surface area (TPSA) is 29.3 Å². The summed E-state index contributed by atoms with van der Waals surface area (Å²) in [4.78, 5) is 2.42. The van der Waals surface area contributed by atoms with Crippen LogP contribution in [0.1, 0.15) is 25.3 Å². The molecule has 1 aromatic rings. The van der Waals surface area contributed by atoms with Gasteiger partial charge in [-0.25, -0.2) is 0 Å². The summed E-state index contributed by atoms with van der Waals surface area (Å²) < 4.78 is 1.13. The molecule has 0 spiro atoms. The summed E-state index contributed by atoms with van der Waals surface area (Å²) in [6, 6.07) is 8.52. The van der Waals surface area contributed by atoms with Gasteiger partial charge in [0, 0.05) is 24.1 Å². The zero-order chi connectivity index (χ0) is 11.8. The van der Waals surface area contributed by atoms with Crippen molar-refractivity contribution in [3.63, 3.8) is 0 Å². The van der Waals surface area contributed by atoms with Gasteiger partial charge in [0.2, 0.25) is 0 Å². The Labute approximate surface area is 107 Å². The standard InChI is InChI=1S/C13H21BrN2/c1-2-3-9-16(10-8-15)11-12-4-6-13(14)7-5-12/h4-7H,2-3,8-11,15H2,1H3. The number of halogens is 1. The minimum atomic E-state index is 0.736. The van der Waals surface area contributed by atoms with Crippen LogP contribution in [0.3, 0.4) is 0 Å². The van der Waals surface area contributed by atoms with Crippen molar-refractivity contribution >= 4 is 15.9 Å². The third-order valence-corrected chi connectivity index (χ3v) is 3.12. The Balaban J connectivity index is 2.49. The molecule has 3 heteroatoms. The van der Waals surface area contributed by atoms with E-state index < -0.39 is 0 Å². The van der Waals surface area contributed by atoms with Crippen LogP contribution in [0.5, 0.6) is 0 Å². The second kappa shape index (κ2) is 7.82. The molecule has 0 saturated heterocycles. The van der Waals surface area contributed by atoms with Crippen LogP contribution in [0.25, 0.3) is 0 Å². The molecule has 0 bridgehead atoms. The molecule has 16 heavy (non-hydrogen) atoms. The minimum absolute atomic E-state index is 0.736. The van der Waals surface area contributed by atoms with Gasteiger partial charge in [-0.3, -0.25) is 4.90 Å². The third-order valence-electron chi connectivity index (χ3n) is 2.59. The number of nitrogens with zero attached hydrogens (tertiary/aromatic N) is 1. The fourth-order valence-corrected chi connectivity index (χ4v) is 1.95. The molecule has 90 valence electrons. The van der Waals surface area contributed by atoms with Gasteiger partial charge in [-0.2, -0.15) is 0 Å². The highest BCUT2D eigenvalue weighted by molar-refractivity contribution is 9.10. The van der Waals surface area contributed by atoms with Gasteiger partial charge in [-0.05, 0) is 30.7 Å². The lowest BCUT2D eigenvalue weighted by Crippen LogP contribution is -2.30. The molecule has 0 aliphatic rings. The first-order valence-corrected chi connectivity index (χ1v) is 6.72. The average molecular weight is 285 g/mol. The first-order valence-electron chi connectivity index (χ1n) is 5.93. The van der Waals surface area contributed by atoms with Crippen molar-refractivity contribution in [3.05, 3.63) is 34.3 Å². The second-order valence-electron chi connectivity index (χ2n) is 4.04. The molecule has 0 atom stereocenters. The van der Waals surface area contributed by atoms with E-state index in [9.17, 15) is 0 Å². The first kappa shape index (κ1) is 13.7. The molecule has 0 radical (unpaired) electrons. The van der Waals surface area contributed by atoms with Gasteiger partial charge >= 0.3 is 0 Å². The Kier molecular flexibility index (Phi) is 6.69. The lowest BCUT2D eigenvalue weighted by Gasteiger charge is -2.21. The summed E-state index contributed by atoms with van der Waals surface area (Å²) in [7, 11) is 0. The molecule has 0 aliphatic heterocycles. The van der Waals surface area contributed by atoms with Crippen LogP contribution < -0.4 is 5.73 Å². The number of unbranched alkanes of at least 4 members (excludes halogenated alkanes) is 1. The highest BCUT2D eigenvalue weighted by Gasteiger charge is 2.04. The van der Waals surface area contributed by atoms with Crippen LogP contribution in [-0.4, -0.2) is 24.5 Å². The Bertz CT molecular complexity index is 284. The van der Waals surface area contributed by atoms with E-state index >= 15 is 0 Å². The summed E-state index contributed by atoms with van der Waals surface area (Å²) in [5.41, 5.74) is 6.98. The van der Waals surface area contributed by atoms with E-state index in [2.05, 4.69) is 52.0 Å². The zero-order valence-electron chi connectivity index (χ0n) is 9.95. The SMILES string of the molecule is CCCCN(CCN)Cc1ccc(Br)cc1. The molecule has 1 aromatic carbocycles. The quantitative estimate of drug-likeness (QED) is 0.834. The normalized spacial score (nSPS) is 11.0. The van der Waals surface area contributed by atoms with Crippen LogP contribution in [0.2, 0.25) is 0 Å². The molecule has 2 nitrogen and oxygen atoms in total. The van der Waals surface area contributed by atoms with Crippen molar-refractivity contribution in [2.45, 2.75) is 26.3 Å². The number of rotatable bonds is 7. The average Bonchev–Trinajstić information content (AvgIpc) is 2.29. The predicted octanol–water partition coefficient (Wildman–Crippen LogP) is 3.01. The van der Waals surface area contributed by atoms with E-state index in [4.69, 9.17) is 5.73 Å². The molecular weight excluding hydrogens is 264 g/mol. The van der Waals surface area contributed by atoms with Crippen molar-refractivity contribution in [1.82, 2.24) is 4.90 Å². The van der Waals surface area contributed by atoms with Gasteiger partial charge in [-0.1, -0.05) is 41.4 Å². The van der Waals surface area contributed by atoms with E-state index in [1.807, 2.05) is 0 Å². The van der Waals surface area contributed by atoms with Gasteiger partial charge in [0.05, 0.1) is 0 Å². The smallest absolute Gasteiger partial charge is 0.0234 e. The molecule has 0 fully saturated rings. The summed E-state index contributed by atoms with van der Waals surface area (Å²) >= 11 is 3.45. The van der Waals surface area contributed by atoms with Crippen molar-refractivity contribution in [2.24, 2.45) is 5.73 Å².